The van der Waals surface area contributed by atoms with Crippen molar-refractivity contribution >= 4 is 21.6 Å². The fraction of sp³-hybridized carbons (Fsp3) is 0.240. The Morgan fingerprint density at radius 1 is 0.943 bits per heavy atom. The Morgan fingerprint density at radius 3 is 2.23 bits per heavy atom. The van der Waals surface area contributed by atoms with E-state index in [0.29, 0.717) is 16.1 Å². The first kappa shape index (κ1) is 26.1. The molecule has 0 aliphatic carbocycles. The monoisotopic (exact) mass is 506 g/mol. The van der Waals surface area contributed by atoms with Crippen LogP contribution < -0.4 is 14.4 Å². The molecule has 0 radical (unpaired) electrons. The van der Waals surface area contributed by atoms with Crippen molar-refractivity contribution < 1.29 is 31.1 Å². The molecule has 0 saturated heterocycles. The van der Waals surface area contributed by atoms with Gasteiger partial charge in [-0.1, -0.05) is 30.3 Å². The lowest BCUT2D eigenvalue weighted by atomic mass is 10.1. The van der Waals surface area contributed by atoms with Gasteiger partial charge in [-0.25, -0.2) is 8.42 Å². The van der Waals surface area contributed by atoms with Crippen LogP contribution in [0, 0.1) is 13.8 Å². The molecule has 3 aromatic rings. The van der Waals surface area contributed by atoms with Crippen molar-refractivity contribution in [1.29, 1.82) is 0 Å². The van der Waals surface area contributed by atoms with E-state index in [4.69, 9.17) is 4.74 Å². The minimum absolute atomic E-state index is 0.0770. The van der Waals surface area contributed by atoms with E-state index in [1.165, 1.54) is 30.3 Å². The van der Waals surface area contributed by atoms with Gasteiger partial charge in [0.25, 0.3) is 10.0 Å². The van der Waals surface area contributed by atoms with Crippen LogP contribution in [0.15, 0.2) is 77.7 Å². The van der Waals surface area contributed by atoms with Crippen molar-refractivity contribution in [3.8, 4) is 5.75 Å². The van der Waals surface area contributed by atoms with Gasteiger partial charge in [0.05, 0.1) is 22.7 Å². The number of ether oxygens (including phenoxy) is 1. The number of halogens is 3. The summed E-state index contributed by atoms with van der Waals surface area (Å²) in [7, 11) is -4.32. The van der Waals surface area contributed by atoms with Gasteiger partial charge in [-0.05, 0) is 67.4 Å². The van der Waals surface area contributed by atoms with E-state index in [0.717, 1.165) is 23.3 Å². The lowest BCUT2D eigenvalue weighted by Crippen LogP contribution is -2.42. The van der Waals surface area contributed by atoms with Gasteiger partial charge < -0.3 is 10.1 Å². The number of hydrogen-bond acceptors (Lipinski definition) is 4. The van der Waals surface area contributed by atoms with Gasteiger partial charge in [0, 0.05) is 0 Å². The van der Waals surface area contributed by atoms with Gasteiger partial charge in [-0.2, -0.15) is 13.2 Å². The highest BCUT2D eigenvalue weighted by Crippen LogP contribution is 2.33. The number of sulfonamides is 1. The van der Waals surface area contributed by atoms with Crippen LogP contribution in [0.25, 0.3) is 0 Å². The van der Waals surface area contributed by atoms with Crippen molar-refractivity contribution in [3.63, 3.8) is 0 Å². The summed E-state index contributed by atoms with van der Waals surface area (Å²) in [5.74, 6) is -0.0556. The predicted octanol–water partition coefficient (Wildman–Crippen LogP) is 4.71. The van der Waals surface area contributed by atoms with Crippen molar-refractivity contribution in [3.05, 3.63) is 89.5 Å². The van der Waals surface area contributed by atoms with E-state index in [1.807, 2.05) is 32.0 Å². The molecule has 0 heterocycles. The largest absolute Gasteiger partial charge is 0.492 e. The molecule has 0 atom stereocenters. The Kier molecular flexibility index (Phi) is 8.06. The van der Waals surface area contributed by atoms with Gasteiger partial charge in [-0.3, -0.25) is 9.10 Å². The number of nitrogens with zero attached hydrogens (tertiary/aromatic N) is 1. The molecular weight excluding hydrogens is 481 g/mol. The van der Waals surface area contributed by atoms with E-state index < -0.39 is 34.2 Å². The zero-order valence-electron chi connectivity index (χ0n) is 19.2. The minimum atomic E-state index is -4.67. The summed E-state index contributed by atoms with van der Waals surface area (Å²) >= 11 is 0. The normalized spacial score (nSPS) is 11.7. The maximum absolute atomic E-state index is 13.2. The number of alkyl halides is 3. The highest BCUT2D eigenvalue weighted by molar-refractivity contribution is 7.92. The smallest absolute Gasteiger partial charge is 0.416 e. The Hall–Kier alpha value is -3.53. The van der Waals surface area contributed by atoms with Crippen LogP contribution in [0.3, 0.4) is 0 Å². The molecule has 0 bridgehead atoms. The number of aryl methyl sites for hydroxylation is 2. The quantitative estimate of drug-likeness (QED) is 0.427. The molecule has 0 aromatic heterocycles. The van der Waals surface area contributed by atoms with Crippen molar-refractivity contribution in [2.45, 2.75) is 24.9 Å². The SMILES string of the molecule is Cc1cc(C)cc(OCCNC(=O)CN(c2cccc(C(F)(F)F)c2)S(=O)(=O)c2ccccc2)c1. The second-order valence-electron chi connectivity index (χ2n) is 7.89. The molecule has 3 rings (SSSR count). The molecule has 6 nitrogen and oxygen atoms in total. The molecule has 0 aliphatic rings. The maximum atomic E-state index is 13.2. The lowest BCUT2D eigenvalue weighted by Gasteiger charge is -2.25. The maximum Gasteiger partial charge on any atom is 0.416 e. The summed E-state index contributed by atoms with van der Waals surface area (Å²) in [5.41, 5.74) is 0.745. The number of rotatable bonds is 9. The highest BCUT2D eigenvalue weighted by atomic mass is 32.2. The zero-order chi connectivity index (χ0) is 25.6. The summed E-state index contributed by atoms with van der Waals surface area (Å²) in [6.45, 7) is 3.35. The molecular formula is C25H25F3N2O4S. The van der Waals surface area contributed by atoms with Crippen LogP contribution in [0.5, 0.6) is 5.75 Å². The first-order valence-electron chi connectivity index (χ1n) is 10.7. The third kappa shape index (κ3) is 6.98. The molecule has 0 saturated carbocycles. The molecule has 186 valence electrons. The molecule has 1 N–H and O–H groups in total. The van der Waals surface area contributed by atoms with Gasteiger partial charge in [0.1, 0.15) is 18.9 Å². The molecule has 0 aliphatic heterocycles. The third-order valence-corrected chi connectivity index (χ3v) is 6.76. The summed E-state index contributed by atoms with van der Waals surface area (Å²) in [4.78, 5) is 12.5. The van der Waals surface area contributed by atoms with Crippen LogP contribution in [0.1, 0.15) is 16.7 Å². The Bertz CT molecular complexity index is 1260. The summed E-state index contributed by atoms with van der Waals surface area (Å²) in [6.07, 6.45) is -4.67. The van der Waals surface area contributed by atoms with Crippen LogP contribution in [-0.4, -0.2) is 34.0 Å². The van der Waals surface area contributed by atoms with Crippen molar-refractivity contribution in [1.82, 2.24) is 5.32 Å². The van der Waals surface area contributed by atoms with Crippen LogP contribution in [-0.2, 0) is 21.0 Å². The number of hydrogen-bond donors (Lipinski definition) is 1. The third-order valence-electron chi connectivity index (χ3n) is 4.97. The van der Waals surface area contributed by atoms with Gasteiger partial charge in [0.15, 0.2) is 0 Å². The fourth-order valence-electron chi connectivity index (χ4n) is 3.43. The second-order valence-corrected chi connectivity index (χ2v) is 9.76. The second kappa shape index (κ2) is 10.8. The summed E-state index contributed by atoms with van der Waals surface area (Å²) in [5, 5.41) is 2.56. The van der Waals surface area contributed by atoms with Gasteiger partial charge in [0.2, 0.25) is 5.91 Å². The lowest BCUT2D eigenvalue weighted by molar-refractivity contribution is -0.137. The molecule has 1 amide bonds. The van der Waals surface area contributed by atoms with E-state index >= 15 is 0 Å². The van der Waals surface area contributed by atoms with E-state index in [9.17, 15) is 26.4 Å². The zero-order valence-corrected chi connectivity index (χ0v) is 20.0. The van der Waals surface area contributed by atoms with Crippen LogP contribution in [0.4, 0.5) is 18.9 Å². The van der Waals surface area contributed by atoms with Gasteiger partial charge >= 0.3 is 6.18 Å². The Labute approximate surface area is 202 Å². The standard InChI is InChI=1S/C25H25F3N2O4S/c1-18-13-19(2)15-22(14-18)34-12-11-29-24(31)17-30(35(32,33)23-9-4-3-5-10-23)21-8-6-7-20(16-21)25(26,27)28/h3-10,13-16H,11-12,17H2,1-2H3,(H,29,31). The Morgan fingerprint density at radius 2 is 1.60 bits per heavy atom. The number of anilines is 1. The van der Waals surface area contributed by atoms with E-state index in [-0.39, 0.29) is 23.7 Å². The number of benzene rings is 3. The first-order chi connectivity index (χ1) is 16.5. The predicted molar refractivity (Wildman–Crippen MR) is 127 cm³/mol. The summed E-state index contributed by atoms with van der Waals surface area (Å²) in [6, 6.07) is 16.7. The molecule has 0 spiro atoms. The van der Waals surface area contributed by atoms with Crippen molar-refractivity contribution in [2.75, 3.05) is 24.0 Å². The first-order valence-corrected chi connectivity index (χ1v) is 12.1. The molecule has 0 fully saturated rings. The number of nitrogens with one attached hydrogen (secondary N) is 1. The van der Waals surface area contributed by atoms with E-state index in [2.05, 4.69) is 5.32 Å². The summed E-state index contributed by atoms with van der Waals surface area (Å²) < 4.78 is 72.5. The molecule has 35 heavy (non-hydrogen) atoms. The minimum Gasteiger partial charge on any atom is -0.492 e. The topological polar surface area (TPSA) is 75.7 Å². The Balaban J connectivity index is 1.76. The van der Waals surface area contributed by atoms with Crippen molar-refractivity contribution in [2.24, 2.45) is 0 Å². The average molecular weight is 507 g/mol. The average Bonchev–Trinajstić information content (AvgIpc) is 2.80. The number of carbonyl (C=O) groups excluding carboxylic acids is 1. The van der Waals surface area contributed by atoms with E-state index in [1.54, 1.807) is 6.07 Å². The van der Waals surface area contributed by atoms with Crippen LogP contribution >= 0.6 is 0 Å². The van der Waals surface area contributed by atoms with Gasteiger partial charge in [-0.15, -0.1) is 0 Å². The fourth-order valence-corrected chi connectivity index (χ4v) is 4.87. The number of carbonyl (C=O) groups is 1. The molecule has 10 heteroatoms. The number of amides is 1. The molecule has 0 unspecified atom stereocenters. The highest BCUT2D eigenvalue weighted by Gasteiger charge is 2.33. The molecule has 3 aromatic carbocycles. The van der Waals surface area contributed by atoms with Crippen LogP contribution in [0.2, 0.25) is 0 Å².